The summed E-state index contributed by atoms with van der Waals surface area (Å²) in [4.78, 5) is 22.6. The second-order valence-electron chi connectivity index (χ2n) is 8.19. The van der Waals surface area contributed by atoms with Gasteiger partial charge in [0.05, 0.1) is 11.4 Å². The zero-order valence-corrected chi connectivity index (χ0v) is 16.4. The Kier molecular flexibility index (Phi) is 4.73. The third-order valence-corrected chi connectivity index (χ3v) is 7.02. The highest BCUT2D eigenvalue weighted by Crippen LogP contribution is 2.50. The van der Waals surface area contributed by atoms with Crippen molar-refractivity contribution in [2.24, 2.45) is 17.8 Å². The lowest BCUT2D eigenvalue weighted by Gasteiger charge is -2.34. The van der Waals surface area contributed by atoms with E-state index in [-0.39, 0.29) is 0 Å². The standard InChI is InChI=1S/C20H26N4O2S/c25-19(12-16(14-3-4-14)15-5-6-15)24-9-7-23(8-10-24)13-18-21-20(22-26-18)17-2-1-11-27-17/h1-2,11,14-16H,3-10,12-13H2. The Balaban J connectivity index is 1.11. The summed E-state index contributed by atoms with van der Waals surface area (Å²) in [6.45, 7) is 4.03. The second-order valence-corrected chi connectivity index (χ2v) is 9.14. The van der Waals surface area contributed by atoms with Gasteiger partial charge in [0.25, 0.3) is 0 Å². The molecule has 3 fully saturated rings. The van der Waals surface area contributed by atoms with Crippen LogP contribution in [0, 0.1) is 17.8 Å². The van der Waals surface area contributed by atoms with Crippen LogP contribution in [0.4, 0.5) is 0 Å². The minimum Gasteiger partial charge on any atom is -0.340 e. The molecule has 2 aromatic heterocycles. The van der Waals surface area contributed by atoms with Crippen LogP contribution in [0.5, 0.6) is 0 Å². The fourth-order valence-corrected chi connectivity index (χ4v) is 4.92. The van der Waals surface area contributed by atoms with Gasteiger partial charge in [0.1, 0.15) is 0 Å². The number of hydrogen-bond donors (Lipinski definition) is 0. The van der Waals surface area contributed by atoms with E-state index in [1.54, 1.807) is 11.3 Å². The number of hydrogen-bond acceptors (Lipinski definition) is 6. The molecule has 3 heterocycles. The smallest absolute Gasteiger partial charge is 0.241 e. The Bertz CT molecular complexity index is 762. The number of thiophene rings is 1. The van der Waals surface area contributed by atoms with Gasteiger partial charge in [-0.25, -0.2) is 0 Å². The average molecular weight is 387 g/mol. The van der Waals surface area contributed by atoms with Crippen molar-refractivity contribution in [2.45, 2.75) is 38.6 Å². The molecule has 3 aliphatic rings. The number of amides is 1. The maximum Gasteiger partial charge on any atom is 0.241 e. The zero-order valence-electron chi connectivity index (χ0n) is 15.5. The summed E-state index contributed by atoms with van der Waals surface area (Å²) in [5.74, 6) is 4.05. The van der Waals surface area contributed by atoms with E-state index in [2.05, 4.69) is 19.9 Å². The van der Waals surface area contributed by atoms with Gasteiger partial charge < -0.3 is 9.42 Å². The molecule has 2 saturated carbocycles. The van der Waals surface area contributed by atoms with Crippen LogP contribution >= 0.6 is 11.3 Å². The molecular formula is C20H26N4O2S. The molecule has 0 aromatic carbocycles. The Morgan fingerprint density at radius 2 is 1.93 bits per heavy atom. The summed E-state index contributed by atoms with van der Waals surface area (Å²) >= 11 is 1.61. The topological polar surface area (TPSA) is 62.5 Å². The van der Waals surface area contributed by atoms with Crippen LogP contribution in [0.3, 0.4) is 0 Å². The SMILES string of the molecule is O=C(CC(C1CC1)C1CC1)N1CCN(Cc2nc(-c3cccs3)no2)CC1. The van der Waals surface area contributed by atoms with Crippen molar-refractivity contribution in [3.05, 3.63) is 23.4 Å². The molecule has 5 rings (SSSR count). The summed E-state index contributed by atoms with van der Waals surface area (Å²) in [5.41, 5.74) is 0. The first kappa shape index (κ1) is 17.4. The Hall–Kier alpha value is -1.73. The van der Waals surface area contributed by atoms with Crippen LogP contribution in [-0.2, 0) is 11.3 Å². The molecule has 27 heavy (non-hydrogen) atoms. The zero-order chi connectivity index (χ0) is 18.2. The lowest BCUT2D eigenvalue weighted by atomic mass is 9.93. The van der Waals surface area contributed by atoms with E-state index in [1.807, 2.05) is 17.5 Å². The van der Waals surface area contributed by atoms with Crippen molar-refractivity contribution in [3.63, 3.8) is 0 Å². The van der Waals surface area contributed by atoms with Crippen molar-refractivity contribution in [1.29, 1.82) is 0 Å². The van der Waals surface area contributed by atoms with E-state index in [1.165, 1.54) is 25.7 Å². The molecule has 0 N–H and O–H groups in total. The van der Waals surface area contributed by atoms with E-state index in [0.717, 1.165) is 49.3 Å². The van der Waals surface area contributed by atoms with Gasteiger partial charge in [-0.3, -0.25) is 9.69 Å². The van der Waals surface area contributed by atoms with E-state index in [9.17, 15) is 4.79 Å². The van der Waals surface area contributed by atoms with E-state index in [4.69, 9.17) is 4.52 Å². The molecule has 1 aliphatic heterocycles. The molecule has 2 aliphatic carbocycles. The predicted octanol–water partition coefficient (Wildman–Crippen LogP) is 3.27. The lowest BCUT2D eigenvalue weighted by Crippen LogP contribution is -2.48. The normalized spacial score (nSPS) is 21.1. The number of carbonyl (C=O) groups excluding carboxylic acids is 1. The summed E-state index contributed by atoms with van der Waals surface area (Å²) in [6, 6.07) is 3.99. The molecule has 144 valence electrons. The number of rotatable bonds is 7. The van der Waals surface area contributed by atoms with Crippen LogP contribution in [-0.4, -0.2) is 52.0 Å². The first-order chi connectivity index (χ1) is 13.3. The number of nitrogens with zero attached hydrogens (tertiary/aromatic N) is 4. The fraction of sp³-hybridized carbons (Fsp3) is 0.650. The summed E-state index contributed by atoms with van der Waals surface area (Å²) < 4.78 is 5.41. The second kappa shape index (κ2) is 7.36. The lowest BCUT2D eigenvalue weighted by molar-refractivity contribution is -0.134. The van der Waals surface area contributed by atoms with Gasteiger partial charge in [0, 0.05) is 32.6 Å². The number of piperazine rings is 1. The highest BCUT2D eigenvalue weighted by molar-refractivity contribution is 7.13. The molecule has 6 nitrogen and oxygen atoms in total. The minimum absolute atomic E-state index is 0.372. The van der Waals surface area contributed by atoms with Gasteiger partial charge in [0.2, 0.25) is 17.6 Å². The van der Waals surface area contributed by atoms with Crippen LogP contribution in [0.15, 0.2) is 22.0 Å². The van der Waals surface area contributed by atoms with Crippen LogP contribution < -0.4 is 0 Å². The highest BCUT2D eigenvalue weighted by Gasteiger charge is 2.42. The van der Waals surface area contributed by atoms with Crippen molar-refractivity contribution >= 4 is 17.2 Å². The third-order valence-electron chi connectivity index (χ3n) is 6.16. The maximum atomic E-state index is 12.7. The van der Waals surface area contributed by atoms with E-state index in [0.29, 0.717) is 30.1 Å². The van der Waals surface area contributed by atoms with Crippen LogP contribution in [0.25, 0.3) is 10.7 Å². The summed E-state index contributed by atoms with van der Waals surface area (Å²) in [5, 5.41) is 6.09. The quantitative estimate of drug-likeness (QED) is 0.731. The first-order valence-electron chi connectivity index (χ1n) is 10.1. The molecule has 0 unspecified atom stereocenters. The van der Waals surface area contributed by atoms with Crippen LogP contribution in [0.2, 0.25) is 0 Å². The summed E-state index contributed by atoms with van der Waals surface area (Å²) in [6.07, 6.45) is 6.17. The largest absolute Gasteiger partial charge is 0.340 e. The third kappa shape index (κ3) is 4.09. The van der Waals surface area contributed by atoms with Crippen molar-refractivity contribution < 1.29 is 9.32 Å². The molecule has 1 amide bonds. The fourth-order valence-electron chi connectivity index (χ4n) is 4.27. The number of aromatic nitrogens is 2. The van der Waals surface area contributed by atoms with Crippen LogP contribution in [0.1, 0.15) is 38.0 Å². The first-order valence-corrected chi connectivity index (χ1v) is 11.0. The van der Waals surface area contributed by atoms with Crippen molar-refractivity contribution in [2.75, 3.05) is 26.2 Å². The Morgan fingerprint density at radius 3 is 2.56 bits per heavy atom. The molecule has 1 saturated heterocycles. The minimum atomic E-state index is 0.372. The van der Waals surface area contributed by atoms with Gasteiger partial charge >= 0.3 is 0 Å². The van der Waals surface area contributed by atoms with Gasteiger partial charge in [0.15, 0.2) is 0 Å². The Morgan fingerprint density at radius 1 is 1.19 bits per heavy atom. The molecule has 2 aromatic rings. The van der Waals surface area contributed by atoms with E-state index < -0.39 is 0 Å². The van der Waals surface area contributed by atoms with Crippen molar-refractivity contribution in [3.8, 4) is 10.7 Å². The van der Waals surface area contributed by atoms with E-state index >= 15 is 0 Å². The van der Waals surface area contributed by atoms with Gasteiger partial charge in [-0.2, -0.15) is 4.98 Å². The van der Waals surface area contributed by atoms with Gasteiger partial charge in [-0.15, -0.1) is 11.3 Å². The molecule has 0 radical (unpaired) electrons. The molecule has 0 atom stereocenters. The maximum absolute atomic E-state index is 12.7. The predicted molar refractivity (Wildman–Crippen MR) is 103 cm³/mol. The molecule has 7 heteroatoms. The highest BCUT2D eigenvalue weighted by atomic mass is 32.1. The van der Waals surface area contributed by atoms with Gasteiger partial charge in [-0.05, 0) is 54.9 Å². The molecule has 0 bridgehead atoms. The van der Waals surface area contributed by atoms with Crippen molar-refractivity contribution in [1.82, 2.24) is 19.9 Å². The molecular weight excluding hydrogens is 360 g/mol. The molecule has 0 spiro atoms. The average Bonchev–Trinajstić information content (AvgIpc) is 3.60. The number of carbonyl (C=O) groups is 1. The Labute approximate surface area is 163 Å². The van der Waals surface area contributed by atoms with Gasteiger partial charge in [-0.1, -0.05) is 11.2 Å². The summed E-state index contributed by atoms with van der Waals surface area (Å²) in [7, 11) is 0. The monoisotopic (exact) mass is 386 g/mol.